The predicted molar refractivity (Wildman–Crippen MR) is 64.4 cm³/mol. The molecule has 0 atom stereocenters. The van der Waals surface area contributed by atoms with Crippen molar-refractivity contribution in [1.29, 1.82) is 0 Å². The summed E-state index contributed by atoms with van der Waals surface area (Å²) in [6, 6.07) is 9.68. The van der Waals surface area contributed by atoms with Gasteiger partial charge in [-0.25, -0.2) is 9.98 Å². The molecule has 1 heterocycles. The van der Waals surface area contributed by atoms with Crippen LogP contribution in [-0.4, -0.2) is 22.8 Å². The zero-order valence-corrected chi connectivity index (χ0v) is 9.20. The Morgan fingerprint density at radius 2 is 1.67 bits per heavy atom. The Labute approximate surface area is 97.2 Å². The summed E-state index contributed by atoms with van der Waals surface area (Å²) in [4.78, 5) is 11.9. The molecule has 0 N–H and O–H groups in total. The highest BCUT2D eigenvalue weighted by Crippen LogP contribution is 2.08. The van der Waals surface area contributed by atoms with E-state index >= 15 is 0 Å². The largest absolute Gasteiger partial charge is 0.250 e. The molecule has 0 aromatic heterocycles. The lowest BCUT2D eigenvalue weighted by Gasteiger charge is -2.00. The van der Waals surface area contributed by atoms with Crippen molar-refractivity contribution in [3.8, 4) is 0 Å². The van der Waals surface area contributed by atoms with Crippen LogP contribution in [0.25, 0.3) is 0 Å². The molecule has 0 aliphatic carbocycles. The summed E-state index contributed by atoms with van der Waals surface area (Å²) in [5, 5.41) is 0.245. The van der Waals surface area contributed by atoms with E-state index in [-0.39, 0.29) is 10.6 Å². The lowest BCUT2D eigenvalue weighted by Crippen LogP contribution is -2.05. The van der Waals surface area contributed by atoms with E-state index in [4.69, 9.17) is 23.2 Å². The Bertz CT molecular complexity index is 449. The van der Waals surface area contributed by atoms with Crippen LogP contribution in [-0.2, 0) is 0 Å². The molecule has 0 amide bonds. The highest BCUT2D eigenvalue weighted by Gasteiger charge is 2.08. The third-order valence-electron chi connectivity index (χ3n) is 1.88. The smallest absolute Gasteiger partial charge is 0.225 e. The van der Waals surface area contributed by atoms with Crippen molar-refractivity contribution in [3.63, 3.8) is 0 Å². The van der Waals surface area contributed by atoms with Gasteiger partial charge in [-0.1, -0.05) is 30.3 Å². The summed E-state index contributed by atoms with van der Waals surface area (Å²) >= 11 is 11.4. The topological polar surface area (TPSA) is 37.1 Å². The van der Waals surface area contributed by atoms with Crippen LogP contribution in [0.4, 0.5) is 0 Å². The minimum atomic E-state index is 0.111. The molecule has 0 unspecified atom stereocenters. The maximum atomic E-state index is 5.76. The lowest BCUT2D eigenvalue weighted by atomic mass is 10.1. The number of hydrogen-bond acceptors (Lipinski definition) is 3. The Morgan fingerprint density at radius 3 is 2.40 bits per heavy atom. The van der Waals surface area contributed by atoms with Crippen molar-refractivity contribution in [3.05, 3.63) is 35.9 Å². The molecule has 3 nitrogen and oxygen atoms in total. The van der Waals surface area contributed by atoms with Crippen LogP contribution in [0.1, 0.15) is 5.56 Å². The zero-order chi connectivity index (χ0) is 10.7. The summed E-state index contributed by atoms with van der Waals surface area (Å²) in [5.41, 5.74) is 1.74. The van der Waals surface area contributed by atoms with Gasteiger partial charge < -0.3 is 0 Å². The van der Waals surface area contributed by atoms with Gasteiger partial charge in [-0.05, 0) is 28.8 Å². The first-order valence-electron chi connectivity index (χ1n) is 4.33. The molecular formula is C10H7Cl2N3. The van der Waals surface area contributed by atoms with E-state index in [2.05, 4.69) is 15.0 Å². The Kier molecular flexibility index (Phi) is 3.14. The molecule has 0 radical (unpaired) electrons. The van der Waals surface area contributed by atoms with E-state index in [9.17, 15) is 0 Å². The fourth-order valence-electron chi connectivity index (χ4n) is 1.21. The third-order valence-corrected chi connectivity index (χ3v) is 2.25. The van der Waals surface area contributed by atoms with Crippen molar-refractivity contribution in [2.75, 3.05) is 6.54 Å². The Hall–Kier alpha value is -1.19. The van der Waals surface area contributed by atoms with Gasteiger partial charge in [0.2, 0.25) is 10.6 Å². The van der Waals surface area contributed by atoms with Gasteiger partial charge in [0.15, 0.2) is 0 Å². The lowest BCUT2D eigenvalue weighted by molar-refractivity contribution is 1.30. The number of nitrogens with zero attached hydrogens (tertiary/aromatic N) is 3. The van der Waals surface area contributed by atoms with E-state index < -0.39 is 0 Å². The normalized spacial score (nSPS) is 16.3. The molecule has 1 aromatic rings. The maximum Gasteiger partial charge on any atom is 0.225 e. The fourth-order valence-corrected chi connectivity index (χ4v) is 1.57. The van der Waals surface area contributed by atoms with Crippen LogP contribution in [0.3, 0.4) is 0 Å². The van der Waals surface area contributed by atoms with Crippen molar-refractivity contribution < 1.29 is 0 Å². The fraction of sp³-hybridized carbons (Fsp3) is 0.100. The van der Waals surface area contributed by atoms with E-state index in [0.717, 1.165) is 11.3 Å². The predicted octanol–water partition coefficient (Wildman–Crippen LogP) is 2.68. The number of hydrogen-bond donors (Lipinski definition) is 0. The minimum Gasteiger partial charge on any atom is -0.250 e. The van der Waals surface area contributed by atoms with E-state index in [1.165, 1.54) is 0 Å². The quantitative estimate of drug-likeness (QED) is 0.677. The van der Waals surface area contributed by atoms with Crippen LogP contribution < -0.4 is 0 Å². The second-order valence-corrected chi connectivity index (χ2v) is 3.57. The number of benzene rings is 1. The first-order chi connectivity index (χ1) is 7.25. The summed E-state index contributed by atoms with van der Waals surface area (Å²) < 4.78 is 0. The molecule has 76 valence electrons. The van der Waals surface area contributed by atoms with Gasteiger partial charge >= 0.3 is 0 Å². The van der Waals surface area contributed by atoms with Crippen molar-refractivity contribution in [2.24, 2.45) is 15.0 Å². The number of aliphatic imine (C=N–C) groups is 3. The van der Waals surface area contributed by atoms with Crippen molar-refractivity contribution in [1.82, 2.24) is 0 Å². The monoisotopic (exact) mass is 239 g/mol. The standard InChI is InChI=1S/C10H7Cl2N3/c11-9-13-6-8(14-10(12)15-9)7-4-2-1-3-5-7/h1-5H,6H2. The average Bonchev–Trinajstić information content (AvgIpc) is 2.41. The molecule has 1 aromatic carbocycles. The molecule has 15 heavy (non-hydrogen) atoms. The Morgan fingerprint density at radius 1 is 0.933 bits per heavy atom. The molecule has 0 bridgehead atoms. The van der Waals surface area contributed by atoms with Crippen molar-refractivity contribution >= 4 is 39.5 Å². The van der Waals surface area contributed by atoms with Crippen LogP contribution in [0.15, 0.2) is 45.3 Å². The van der Waals surface area contributed by atoms with Gasteiger partial charge in [0.1, 0.15) is 0 Å². The number of halogens is 2. The molecule has 0 saturated carbocycles. The van der Waals surface area contributed by atoms with Gasteiger partial charge in [-0.2, -0.15) is 4.99 Å². The van der Waals surface area contributed by atoms with E-state index in [1.807, 2.05) is 30.3 Å². The number of amidine groups is 2. The second-order valence-electron chi connectivity index (χ2n) is 2.89. The molecule has 1 aliphatic rings. The maximum absolute atomic E-state index is 5.76. The highest BCUT2D eigenvalue weighted by atomic mass is 35.5. The average molecular weight is 240 g/mol. The molecule has 0 spiro atoms. The molecule has 0 fully saturated rings. The SMILES string of the molecule is ClC1=NCC(c2ccccc2)=NC(Cl)=N1. The third kappa shape index (κ3) is 2.64. The zero-order valence-electron chi connectivity index (χ0n) is 7.69. The Balaban J connectivity index is 2.37. The van der Waals surface area contributed by atoms with Crippen LogP contribution >= 0.6 is 23.2 Å². The van der Waals surface area contributed by atoms with Crippen LogP contribution in [0.5, 0.6) is 0 Å². The summed E-state index contributed by atoms with van der Waals surface area (Å²) in [6.07, 6.45) is 0. The molecule has 2 rings (SSSR count). The molecular weight excluding hydrogens is 233 g/mol. The number of rotatable bonds is 1. The summed E-state index contributed by atoms with van der Waals surface area (Å²) in [7, 11) is 0. The first-order valence-corrected chi connectivity index (χ1v) is 5.08. The second kappa shape index (κ2) is 4.55. The first kappa shape index (κ1) is 10.3. The summed E-state index contributed by atoms with van der Waals surface area (Å²) in [6.45, 7) is 0.391. The molecule has 5 heteroatoms. The van der Waals surface area contributed by atoms with Gasteiger partial charge in [0.05, 0.1) is 12.3 Å². The van der Waals surface area contributed by atoms with E-state index in [0.29, 0.717) is 6.54 Å². The van der Waals surface area contributed by atoms with Gasteiger partial charge in [-0.15, -0.1) is 0 Å². The minimum absolute atomic E-state index is 0.111. The van der Waals surface area contributed by atoms with Crippen LogP contribution in [0.2, 0.25) is 0 Å². The van der Waals surface area contributed by atoms with E-state index in [1.54, 1.807) is 0 Å². The summed E-state index contributed by atoms with van der Waals surface area (Å²) in [5.74, 6) is 0. The molecule has 0 saturated heterocycles. The highest BCUT2D eigenvalue weighted by molar-refractivity contribution is 6.72. The van der Waals surface area contributed by atoms with Crippen molar-refractivity contribution in [2.45, 2.75) is 0 Å². The van der Waals surface area contributed by atoms with Gasteiger partial charge in [0.25, 0.3) is 0 Å². The van der Waals surface area contributed by atoms with Crippen LogP contribution in [0, 0.1) is 0 Å². The van der Waals surface area contributed by atoms with Gasteiger partial charge in [-0.3, -0.25) is 0 Å². The van der Waals surface area contributed by atoms with Gasteiger partial charge in [0, 0.05) is 0 Å². The molecule has 1 aliphatic heterocycles.